The Morgan fingerprint density at radius 3 is 1.36 bits per heavy atom. The van der Waals surface area contributed by atoms with Gasteiger partial charge in [0.1, 0.15) is 6.61 Å². The van der Waals surface area contributed by atoms with Crippen LogP contribution in [0.15, 0.2) is 0 Å². The van der Waals surface area contributed by atoms with Crippen LogP contribution in [-0.4, -0.2) is 47.3 Å². The highest BCUT2D eigenvalue weighted by atomic mass is 31.1. The van der Waals surface area contributed by atoms with Crippen LogP contribution in [0.2, 0.25) is 0 Å². The molecule has 0 aliphatic carbocycles. The highest BCUT2D eigenvalue weighted by Crippen LogP contribution is 2.60. The van der Waals surface area contributed by atoms with E-state index < -0.39 is 57.1 Å². The fourth-order valence-electron chi connectivity index (χ4n) is 1.21. The number of hydrogen-bond acceptors (Lipinski definition) is 2. The third kappa shape index (κ3) is 3.94. The second kappa shape index (κ2) is 6.68. The molecule has 0 saturated heterocycles. The minimum absolute atomic E-state index is 1.91. The number of alkyl halides is 13. The van der Waals surface area contributed by atoms with Gasteiger partial charge in [0, 0.05) is 11.0 Å². The van der Waals surface area contributed by atoms with Crippen molar-refractivity contribution in [1.82, 2.24) is 0 Å². The summed E-state index contributed by atoms with van der Waals surface area (Å²) in [6.07, 6.45) is -10.1. The Hall–Kier alpha value is -0.890. The molecule has 150 valence electrons. The quantitative estimate of drug-likeness (QED) is 0.448. The van der Waals surface area contributed by atoms with E-state index in [0.29, 0.717) is 0 Å². The Morgan fingerprint density at radius 1 is 0.680 bits per heavy atom. The van der Waals surface area contributed by atoms with Crippen LogP contribution in [0.4, 0.5) is 57.1 Å². The topological polar surface area (TPSA) is 46.5 Å². The van der Waals surface area contributed by atoms with E-state index in [4.69, 9.17) is 4.89 Å². The molecule has 0 aromatic carbocycles. The highest BCUT2D eigenvalue weighted by molar-refractivity contribution is 7.32. The van der Waals surface area contributed by atoms with E-state index in [0.717, 1.165) is 0 Å². The second-order valence-corrected chi connectivity index (χ2v) is 5.05. The lowest BCUT2D eigenvalue weighted by molar-refractivity contribution is -0.440. The van der Waals surface area contributed by atoms with E-state index in [1.54, 1.807) is 0 Å². The van der Waals surface area contributed by atoms with Gasteiger partial charge in [0.25, 0.3) is 0 Å². The van der Waals surface area contributed by atoms with Gasteiger partial charge in [0.2, 0.25) is 0 Å². The van der Waals surface area contributed by atoms with Gasteiger partial charge >= 0.3 is 44.0 Å². The second-order valence-electron chi connectivity index (χ2n) is 4.32. The largest absolute Gasteiger partial charge is 0.694 e. The lowest BCUT2D eigenvalue weighted by Crippen LogP contribution is -2.70. The van der Waals surface area contributed by atoms with Crippen LogP contribution in [0, 0.1) is 0 Å². The summed E-state index contributed by atoms with van der Waals surface area (Å²) in [5.74, 6) is -37.3. The van der Waals surface area contributed by atoms with Crippen molar-refractivity contribution in [1.29, 1.82) is 0 Å². The van der Waals surface area contributed by atoms with Crippen molar-refractivity contribution in [2.45, 2.75) is 42.2 Å². The van der Waals surface area contributed by atoms with Crippen molar-refractivity contribution >= 4 is 8.25 Å². The summed E-state index contributed by atoms with van der Waals surface area (Å²) in [5, 5.41) is 0. The summed E-state index contributed by atoms with van der Waals surface area (Å²) in [6, 6.07) is 0. The van der Waals surface area contributed by atoms with Crippen LogP contribution in [0.5, 0.6) is 0 Å². The van der Waals surface area contributed by atoms with Gasteiger partial charge in [-0.1, -0.05) is 0 Å². The van der Waals surface area contributed by atoms with E-state index in [2.05, 4.69) is 4.52 Å². The van der Waals surface area contributed by atoms with Crippen molar-refractivity contribution in [2.75, 3.05) is 6.61 Å². The van der Waals surface area contributed by atoms with E-state index in [1.165, 1.54) is 0 Å². The van der Waals surface area contributed by atoms with Crippen molar-refractivity contribution in [2.24, 2.45) is 0 Å². The summed E-state index contributed by atoms with van der Waals surface area (Å²) in [6.45, 7) is -1.91. The molecule has 1 N–H and O–H groups in total. The molecule has 3 nitrogen and oxygen atoms in total. The van der Waals surface area contributed by atoms with E-state index in [1.807, 2.05) is 0 Å². The fourth-order valence-corrected chi connectivity index (χ4v) is 1.46. The number of halogens is 13. The predicted molar refractivity (Wildman–Crippen MR) is 51.2 cm³/mol. The van der Waals surface area contributed by atoms with Crippen LogP contribution in [0.25, 0.3) is 0 Å². The molecule has 0 fully saturated rings. The maximum absolute atomic E-state index is 13.0. The van der Waals surface area contributed by atoms with Crippen LogP contribution in [-0.2, 0) is 9.09 Å². The van der Waals surface area contributed by atoms with Gasteiger partial charge in [-0.15, -0.1) is 9.42 Å². The van der Waals surface area contributed by atoms with Gasteiger partial charge in [-0.05, 0) is 0 Å². The summed E-state index contributed by atoms with van der Waals surface area (Å²) in [4.78, 5) is 8.00. The van der Waals surface area contributed by atoms with Gasteiger partial charge in [-0.3, -0.25) is 0 Å². The maximum Gasteiger partial charge on any atom is 0.694 e. The molecule has 0 aliphatic heterocycles. The Labute approximate surface area is 129 Å². The molecule has 0 radical (unpaired) electrons. The van der Waals surface area contributed by atoms with Crippen molar-refractivity contribution < 1.29 is 71.1 Å². The monoisotopic (exact) mass is 427 g/mol. The molecule has 0 bridgehead atoms. The average molecular weight is 427 g/mol. The SMILES string of the molecule is O=[P+](O)OCCC(F)(F)C(F)(F)C(F)(F)C(F)(F)C(F)(F)C(F)(F)F. The molecule has 0 aliphatic rings. The molecule has 0 amide bonds. The normalized spacial score (nSPS) is 16.2. The van der Waals surface area contributed by atoms with Gasteiger partial charge in [-0.25, -0.2) is 0 Å². The van der Waals surface area contributed by atoms with Crippen LogP contribution >= 0.6 is 8.25 Å². The number of hydrogen-bond donors (Lipinski definition) is 1. The molecule has 0 aromatic heterocycles. The first-order valence-electron chi connectivity index (χ1n) is 5.41. The number of rotatable bonds is 8. The fraction of sp³-hybridized carbons (Fsp3) is 1.00. The summed E-state index contributed by atoms with van der Waals surface area (Å²) in [5.41, 5.74) is 0. The third-order valence-electron chi connectivity index (χ3n) is 2.62. The summed E-state index contributed by atoms with van der Waals surface area (Å²) < 4.78 is 177. The first kappa shape index (κ1) is 24.1. The smallest absolute Gasteiger partial charge is 0.200 e. The van der Waals surface area contributed by atoms with Crippen LogP contribution in [0.3, 0.4) is 0 Å². The molecule has 1 unspecified atom stereocenters. The molecule has 25 heavy (non-hydrogen) atoms. The lowest BCUT2D eigenvalue weighted by atomic mass is 9.93. The Kier molecular flexibility index (Phi) is 6.45. The van der Waals surface area contributed by atoms with E-state index in [9.17, 15) is 61.6 Å². The zero-order chi connectivity index (χ0) is 20.7. The minimum atomic E-state index is -7.96. The van der Waals surface area contributed by atoms with Gasteiger partial charge in [-0.2, -0.15) is 57.1 Å². The minimum Gasteiger partial charge on any atom is -0.200 e. The first-order chi connectivity index (χ1) is 10.7. The Bertz CT molecular complexity index is 500. The molecular weight excluding hydrogens is 422 g/mol. The maximum atomic E-state index is 13.0. The van der Waals surface area contributed by atoms with E-state index >= 15 is 0 Å². The highest BCUT2D eigenvalue weighted by Gasteiger charge is 2.90. The van der Waals surface area contributed by atoms with Gasteiger partial charge < -0.3 is 0 Å². The third-order valence-corrected chi connectivity index (χ3v) is 3.02. The van der Waals surface area contributed by atoms with Gasteiger partial charge in [0.05, 0.1) is 0 Å². The molecule has 0 saturated carbocycles. The molecular formula is C8H5F13O3P+. The average Bonchev–Trinajstić information content (AvgIpc) is 2.35. The molecule has 1 atom stereocenters. The molecule has 0 heterocycles. The standard InChI is InChI=1S/C8H4F13O3P/c9-3(10,1-2-24-25(22)23)4(11,12)5(13,14)6(15,16)7(17,18)8(19,20)21/h1-2H2/p+1. The van der Waals surface area contributed by atoms with E-state index in [-0.39, 0.29) is 0 Å². The first-order valence-corrected chi connectivity index (χ1v) is 6.54. The lowest BCUT2D eigenvalue weighted by Gasteiger charge is -2.39. The Balaban J connectivity index is 5.90. The van der Waals surface area contributed by atoms with Crippen LogP contribution < -0.4 is 0 Å². The summed E-state index contributed by atoms with van der Waals surface area (Å²) in [7, 11) is -3.71. The molecule has 17 heteroatoms. The van der Waals surface area contributed by atoms with Gasteiger partial charge in [0.15, 0.2) is 0 Å². The zero-order valence-electron chi connectivity index (χ0n) is 11.0. The predicted octanol–water partition coefficient (Wildman–Crippen LogP) is 4.78. The zero-order valence-corrected chi connectivity index (χ0v) is 11.9. The van der Waals surface area contributed by atoms with Crippen molar-refractivity contribution in [3.8, 4) is 0 Å². The van der Waals surface area contributed by atoms with Crippen LogP contribution in [0.1, 0.15) is 6.42 Å². The molecule has 0 rings (SSSR count). The van der Waals surface area contributed by atoms with Crippen molar-refractivity contribution in [3.05, 3.63) is 0 Å². The van der Waals surface area contributed by atoms with Crippen molar-refractivity contribution in [3.63, 3.8) is 0 Å². The Morgan fingerprint density at radius 2 is 1.04 bits per heavy atom. The molecule has 0 aromatic rings. The molecule has 0 spiro atoms. The summed E-state index contributed by atoms with van der Waals surface area (Å²) >= 11 is 0.